The molecule has 0 atom stereocenters. The third-order valence-electron chi connectivity index (χ3n) is 3.95. The Balaban J connectivity index is 1.81. The van der Waals surface area contributed by atoms with Gasteiger partial charge in [0.2, 0.25) is 0 Å². The summed E-state index contributed by atoms with van der Waals surface area (Å²) in [7, 11) is 0. The number of benzene rings is 3. The van der Waals surface area contributed by atoms with Gasteiger partial charge >= 0.3 is 0 Å². The normalized spacial score (nSPS) is 13.7. The summed E-state index contributed by atoms with van der Waals surface area (Å²) in [6, 6.07) is 27.9. The standard InChI is InChI=1S/C21H16ClN3/c22-19-14-8-7-13-18(19)21-15-20(16-9-3-1-4-10-16)23-25(24-21)17-11-5-2-6-12-17/h1-15,24H. The van der Waals surface area contributed by atoms with Gasteiger partial charge in [0.1, 0.15) is 0 Å². The van der Waals surface area contributed by atoms with E-state index in [4.69, 9.17) is 16.7 Å². The van der Waals surface area contributed by atoms with Gasteiger partial charge in [0, 0.05) is 16.1 Å². The summed E-state index contributed by atoms with van der Waals surface area (Å²) >= 11 is 6.41. The molecule has 0 spiro atoms. The Morgan fingerprint density at radius 2 is 1.40 bits per heavy atom. The van der Waals surface area contributed by atoms with Gasteiger partial charge in [-0.2, -0.15) is 10.2 Å². The van der Waals surface area contributed by atoms with Gasteiger partial charge in [-0.25, -0.2) is 0 Å². The lowest BCUT2D eigenvalue weighted by molar-refractivity contribution is 0.787. The van der Waals surface area contributed by atoms with E-state index in [9.17, 15) is 0 Å². The quantitative estimate of drug-likeness (QED) is 0.714. The Morgan fingerprint density at radius 1 is 0.760 bits per heavy atom. The van der Waals surface area contributed by atoms with Crippen LogP contribution in [0.5, 0.6) is 0 Å². The molecule has 3 aromatic rings. The van der Waals surface area contributed by atoms with Gasteiger partial charge in [-0.1, -0.05) is 78.3 Å². The third-order valence-corrected chi connectivity index (χ3v) is 4.28. The molecule has 0 bridgehead atoms. The average molecular weight is 346 g/mol. The Hall–Kier alpha value is -3.04. The number of anilines is 1. The van der Waals surface area contributed by atoms with Crippen molar-refractivity contribution in [2.45, 2.75) is 0 Å². The van der Waals surface area contributed by atoms with Crippen LogP contribution in [-0.4, -0.2) is 5.71 Å². The number of nitrogens with zero attached hydrogens (tertiary/aromatic N) is 2. The highest BCUT2D eigenvalue weighted by atomic mass is 35.5. The number of hydrazine groups is 1. The number of hydrazone groups is 1. The Bertz CT molecular complexity index is 934. The van der Waals surface area contributed by atoms with Gasteiger partial charge in [0.25, 0.3) is 0 Å². The first kappa shape index (κ1) is 15.5. The minimum absolute atomic E-state index is 0.698. The molecular formula is C21H16ClN3. The minimum Gasteiger partial charge on any atom is -0.277 e. The Labute approximate surface area is 151 Å². The van der Waals surface area contributed by atoms with E-state index in [1.807, 2.05) is 91.0 Å². The second-order valence-electron chi connectivity index (χ2n) is 5.65. The van der Waals surface area contributed by atoms with Crippen LogP contribution in [0, 0.1) is 0 Å². The van der Waals surface area contributed by atoms with Crippen LogP contribution in [0.15, 0.2) is 96.1 Å². The smallest absolute Gasteiger partial charge is 0.0949 e. The summed E-state index contributed by atoms with van der Waals surface area (Å²) in [4.78, 5) is 0. The molecule has 0 saturated heterocycles. The van der Waals surface area contributed by atoms with E-state index < -0.39 is 0 Å². The highest BCUT2D eigenvalue weighted by molar-refractivity contribution is 6.32. The maximum atomic E-state index is 6.41. The van der Waals surface area contributed by atoms with Crippen LogP contribution in [0.25, 0.3) is 5.70 Å². The van der Waals surface area contributed by atoms with Gasteiger partial charge in [-0.3, -0.25) is 5.43 Å². The van der Waals surface area contributed by atoms with E-state index in [0.29, 0.717) is 5.02 Å². The van der Waals surface area contributed by atoms with Gasteiger partial charge < -0.3 is 0 Å². The van der Waals surface area contributed by atoms with Crippen molar-refractivity contribution in [1.29, 1.82) is 0 Å². The topological polar surface area (TPSA) is 27.6 Å². The van der Waals surface area contributed by atoms with Crippen LogP contribution in [0.4, 0.5) is 5.69 Å². The van der Waals surface area contributed by atoms with E-state index >= 15 is 0 Å². The van der Waals surface area contributed by atoms with Crippen molar-refractivity contribution in [3.8, 4) is 0 Å². The van der Waals surface area contributed by atoms with E-state index in [0.717, 1.165) is 28.2 Å². The van der Waals surface area contributed by atoms with Crippen LogP contribution in [0.1, 0.15) is 11.1 Å². The fourth-order valence-electron chi connectivity index (χ4n) is 2.70. The molecule has 1 aliphatic heterocycles. The SMILES string of the molecule is Clc1ccccc1C1=CC(c2ccccc2)=NN(c2ccccc2)N1. The summed E-state index contributed by atoms with van der Waals surface area (Å²) in [5, 5.41) is 7.22. The maximum absolute atomic E-state index is 6.41. The molecule has 1 N–H and O–H groups in total. The summed E-state index contributed by atoms with van der Waals surface area (Å²) in [6.45, 7) is 0. The average Bonchev–Trinajstić information content (AvgIpc) is 2.69. The molecule has 25 heavy (non-hydrogen) atoms. The minimum atomic E-state index is 0.698. The van der Waals surface area contributed by atoms with E-state index in [1.165, 1.54) is 0 Å². The number of allylic oxidation sites excluding steroid dienone is 1. The molecule has 122 valence electrons. The Morgan fingerprint density at radius 3 is 2.12 bits per heavy atom. The first-order valence-electron chi connectivity index (χ1n) is 8.04. The van der Waals surface area contributed by atoms with Crippen LogP contribution in [0.3, 0.4) is 0 Å². The lowest BCUT2D eigenvalue weighted by Crippen LogP contribution is -2.36. The van der Waals surface area contributed by atoms with Crippen molar-refractivity contribution < 1.29 is 0 Å². The molecule has 0 aliphatic carbocycles. The summed E-state index contributed by atoms with van der Waals surface area (Å²) in [5.41, 5.74) is 8.07. The molecule has 0 saturated carbocycles. The fraction of sp³-hybridized carbons (Fsp3) is 0. The number of para-hydroxylation sites is 1. The van der Waals surface area contributed by atoms with Crippen molar-refractivity contribution in [3.05, 3.63) is 107 Å². The summed E-state index contributed by atoms with van der Waals surface area (Å²) in [6.07, 6.45) is 2.02. The molecule has 0 fully saturated rings. The Kier molecular flexibility index (Phi) is 4.23. The van der Waals surface area contributed by atoms with E-state index in [-0.39, 0.29) is 0 Å². The highest BCUT2D eigenvalue weighted by Crippen LogP contribution is 2.26. The monoisotopic (exact) mass is 345 g/mol. The fourth-order valence-corrected chi connectivity index (χ4v) is 2.94. The van der Waals surface area contributed by atoms with Gasteiger partial charge in [-0.15, -0.1) is 0 Å². The first-order valence-corrected chi connectivity index (χ1v) is 8.41. The molecule has 0 amide bonds. The summed E-state index contributed by atoms with van der Waals surface area (Å²) in [5.74, 6) is 0. The van der Waals surface area contributed by atoms with Crippen molar-refractivity contribution in [2.75, 3.05) is 5.12 Å². The molecule has 4 heteroatoms. The maximum Gasteiger partial charge on any atom is 0.0949 e. The predicted octanol–water partition coefficient (Wildman–Crippen LogP) is 5.11. The van der Waals surface area contributed by atoms with E-state index in [1.54, 1.807) is 5.12 Å². The molecule has 0 unspecified atom stereocenters. The number of nitrogens with one attached hydrogen (secondary N) is 1. The molecule has 3 nitrogen and oxygen atoms in total. The second-order valence-corrected chi connectivity index (χ2v) is 6.06. The number of hydrogen-bond acceptors (Lipinski definition) is 3. The molecular weight excluding hydrogens is 330 g/mol. The van der Waals surface area contributed by atoms with Crippen molar-refractivity contribution >= 4 is 28.7 Å². The van der Waals surface area contributed by atoms with Crippen molar-refractivity contribution in [3.63, 3.8) is 0 Å². The van der Waals surface area contributed by atoms with Crippen LogP contribution < -0.4 is 10.5 Å². The highest BCUT2D eigenvalue weighted by Gasteiger charge is 2.18. The number of halogens is 1. The van der Waals surface area contributed by atoms with Crippen LogP contribution >= 0.6 is 11.6 Å². The third kappa shape index (κ3) is 3.28. The molecule has 3 aromatic carbocycles. The van der Waals surface area contributed by atoms with E-state index in [2.05, 4.69) is 5.43 Å². The molecule has 4 rings (SSSR count). The van der Waals surface area contributed by atoms with Gasteiger partial charge in [0.05, 0.1) is 17.1 Å². The largest absolute Gasteiger partial charge is 0.277 e. The lowest BCUT2D eigenvalue weighted by Gasteiger charge is -2.28. The lowest BCUT2D eigenvalue weighted by atomic mass is 10.1. The summed E-state index contributed by atoms with van der Waals surface area (Å²) < 4.78 is 0. The van der Waals surface area contributed by atoms with Crippen molar-refractivity contribution in [1.82, 2.24) is 5.43 Å². The number of hydrogen-bond donors (Lipinski definition) is 1. The first-order chi connectivity index (χ1) is 12.3. The zero-order valence-electron chi connectivity index (χ0n) is 13.4. The molecule has 0 aromatic heterocycles. The second kappa shape index (κ2) is 6.83. The molecule has 1 aliphatic rings. The number of rotatable bonds is 3. The molecule has 0 radical (unpaired) electrons. The van der Waals surface area contributed by atoms with Crippen LogP contribution in [-0.2, 0) is 0 Å². The van der Waals surface area contributed by atoms with Crippen molar-refractivity contribution in [2.24, 2.45) is 5.10 Å². The zero-order valence-corrected chi connectivity index (χ0v) is 14.2. The van der Waals surface area contributed by atoms with Crippen LogP contribution in [0.2, 0.25) is 5.02 Å². The van der Waals surface area contributed by atoms with Gasteiger partial charge in [0.15, 0.2) is 0 Å². The zero-order chi connectivity index (χ0) is 17.1. The predicted molar refractivity (Wildman–Crippen MR) is 104 cm³/mol. The molecule has 1 heterocycles. The van der Waals surface area contributed by atoms with Gasteiger partial charge in [-0.05, 0) is 24.3 Å².